The van der Waals surface area contributed by atoms with Gasteiger partial charge in [0.2, 0.25) is 0 Å². The summed E-state index contributed by atoms with van der Waals surface area (Å²) in [4.78, 5) is 0. The Labute approximate surface area is 109 Å². The lowest BCUT2D eigenvalue weighted by Gasteiger charge is -2.31. The predicted octanol–water partition coefficient (Wildman–Crippen LogP) is 2.44. The van der Waals surface area contributed by atoms with Gasteiger partial charge in [-0.1, -0.05) is 26.0 Å². The van der Waals surface area contributed by atoms with Crippen LogP contribution in [0, 0.1) is 5.82 Å². The maximum atomic E-state index is 13.3. The molecule has 0 spiro atoms. The van der Waals surface area contributed by atoms with E-state index in [1.54, 1.807) is 12.1 Å². The molecule has 100 valence electrons. The second-order valence-corrected chi connectivity index (χ2v) is 5.82. The maximum Gasteiger partial charge on any atom is 0.123 e. The fourth-order valence-corrected chi connectivity index (χ4v) is 2.44. The van der Waals surface area contributed by atoms with Crippen LogP contribution < -0.4 is 10.6 Å². The van der Waals surface area contributed by atoms with Gasteiger partial charge >= 0.3 is 0 Å². The summed E-state index contributed by atoms with van der Waals surface area (Å²) in [5.74, 6) is -0.153. The minimum atomic E-state index is -0.153. The monoisotopic (exact) mass is 250 g/mol. The molecule has 0 saturated carbocycles. The van der Waals surface area contributed by atoms with E-state index >= 15 is 0 Å². The summed E-state index contributed by atoms with van der Waals surface area (Å²) >= 11 is 0. The minimum absolute atomic E-state index is 0.0421. The van der Waals surface area contributed by atoms with E-state index in [2.05, 4.69) is 24.5 Å². The van der Waals surface area contributed by atoms with Crippen LogP contribution in [0.5, 0.6) is 0 Å². The smallest absolute Gasteiger partial charge is 0.123 e. The quantitative estimate of drug-likeness (QED) is 0.857. The van der Waals surface area contributed by atoms with Gasteiger partial charge in [-0.15, -0.1) is 0 Å². The number of rotatable bonds is 4. The first-order valence-corrected chi connectivity index (χ1v) is 6.78. The zero-order valence-corrected chi connectivity index (χ0v) is 11.3. The molecule has 1 aromatic rings. The van der Waals surface area contributed by atoms with E-state index in [0.29, 0.717) is 6.04 Å². The maximum absolute atomic E-state index is 13.3. The molecule has 0 bridgehead atoms. The zero-order valence-electron chi connectivity index (χ0n) is 11.3. The van der Waals surface area contributed by atoms with Gasteiger partial charge < -0.3 is 10.6 Å². The molecule has 1 fully saturated rings. The van der Waals surface area contributed by atoms with Crippen molar-refractivity contribution < 1.29 is 4.39 Å². The van der Waals surface area contributed by atoms with E-state index in [1.165, 1.54) is 18.9 Å². The molecule has 2 N–H and O–H groups in total. The summed E-state index contributed by atoms with van der Waals surface area (Å²) < 4.78 is 13.3. The van der Waals surface area contributed by atoms with Crippen molar-refractivity contribution in [1.29, 1.82) is 0 Å². The van der Waals surface area contributed by atoms with Gasteiger partial charge in [0, 0.05) is 24.5 Å². The second-order valence-electron chi connectivity index (χ2n) is 5.82. The highest BCUT2D eigenvalue weighted by molar-refractivity contribution is 5.24. The topological polar surface area (TPSA) is 24.1 Å². The van der Waals surface area contributed by atoms with Crippen LogP contribution in [0.3, 0.4) is 0 Å². The van der Waals surface area contributed by atoms with E-state index in [9.17, 15) is 4.39 Å². The van der Waals surface area contributed by atoms with Crippen molar-refractivity contribution in [2.75, 3.05) is 19.6 Å². The molecule has 1 saturated heterocycles. The lowest BCUT2D eigenvalue weighted by molar-refractivity contribution is 0.353. The highest BCUT2D eigenvalue weighted by Gasteiger charge is 2.23. The Kier molecular flexibility index (Phi) is 4.36. The molecule has 0 aliphatic carbocycles. The first-order valence-electron chi connectivity index (χ1n) is 6.78. The molecule has 1 aromatic carbocycles. The molecular formula is C15H23FN2. The SMILES string of the molecule is CC(C)(CNC1CCCNC1)c1cccc(F)c1. The second kappa shape index (κ2) is 5.81. The highest BCUT2D eigenvalue weighted by atomic mass is 19.1. The van der Waals surface area contributed by atoms with Gasteiger partial charge in [0.15, 0.2) is 0 Å². The van der Waals surface area contributed by atoms with Crippen LogP contribution >= 0.6 is 0 Å². The summed E-state index contributed by atoms with van der Waals surface area (Å²) in [5, 5.41) is 6.99. The number of benzene rings is 1. The van der Waals surface area contributed by atoms with Crippen molar-refractivity contribution in [3.05, 3.63) is 35.6 Å². The van der Waals surface area contributed by atoms with Gasteiger partial charge in [-0.2, -0.15) is 0 Å². The van der Waals surface area contributed by atoms with Crippen LogP contribution in [-0.2, 0) is 5.41 Å². The molecule has 1 heterocycles. The Balaban J connectivity index is 1.94. The van der Waals surface area contributed by atoms with E-state index < -0.39 is 0 Å². The molecule has 1 unspecified atom stereocenters. The predicted molar refractivity (Wildman–Crippen MR) is 73.3 cm³/mol. The summed E-state index contributed by atoms with van der Waals surface area (Å²) in [5.41, 5.74) is 1.01. The number of piperidine rings is 1. The molecular weight excluding hydrogens is 227 g/mol. The zero-order chi connectivity index (χ0) is 13.0. The third-order valence-corrected chi connectivity index (χ3v) is 3.74. The molecule has 1 aliphatic rings. The molecule has 1 aliphatic heterocycles. The van der Waals surface area contributed by atoms with Crippen LogP contribution in [0.4, 0.5) is 4.39 Å². The van der Waals surface area contributed by atoms with Gasteiger partial charge in [0.25, 0.3) is 0 Å². The minimum Gasteiger partial charge on any atom is -0.315 e. The largest absolute Gasteiger partial charge is 0.315 e. The van der Waals surface area contributed by atoms with Gasteiger partial charge in [-0.25, -0.2) is 4.39 Å². The molecule has 0 amide bonds. The lowest BCUT2D eigenvalue weighted by atomic mass is 9.84. The Morgan fingerprint density at radius 1 is 1.44 bits per heavy atom. The molecule has 18 heavy (non-hydrogen) atoms. The van der Waals surface area contributed by atoms with E-state index in [4.69, 9.17) is 0 Å². The Morgan fingerprint density at radius 3 is 2.94 bits per heavy atom. The van der Waals surface area contributed by atoms with Gasteiger partial charge in [0.1, 0.15) is 5.82 Å². The standard InChI is InChI=1S/C15H23FN2/c1-15(2,12-5-3-6-13(16)9-12)11-18-14-7-4-8-17-10-14/h3,5-6,9,14,17-18H,4,7-8,10-11H2,1-2H3. The number of halogens is 1. The first-order chi connectivity index (χ1) is 8.58. The molecule has 0 aromatic heterocycles. The van der Waals surface area contributed by atoms with Crippen LogP contribution in [0.1, 0.15) is 32.3 Å². The van der Waals surface area contributed by atoms with Crippen LogP contribution in [0.25, 0.3) is 0 Å². The van der Waals surface area contributed by atoms with Crippen LogP contribution in [-0.4, -0.2) is 25.7 Å². The Bertz CT molecular complexity index is 384. The van der Waals surface area contributed by atoms with Crippen molar-refractivity contribution in [3.63, 3.8) is 0 Å². The fourth-order valence-electron chi connectivity index (χ4n) is 2.44. The summed E-state index contributed by atoms with van der Waals surface area (Å²) in [6.07, 6.45) is 2.46. The molecule has 3 heteroatoms. The van der Waals surface area contributed by atoms with Gasteiger partial charge in [0.05, 0.1) is 0 Å². The Hall–Kier alpha value is -0.930. The first kappa shape index (κ1) is 13.5. The number of hydrogen-bond donors (Lipinski definition) is 2. The van der Waals surface area contributed by atoms with Gasteiger partial charge in [-0.3, -0.25) is 0 Å². The van der Waals surface area contributed by atoms with Crippen LogP contribution in [0.15, 0.2) is 24.3 Å². The summed E-state index contributed by atoms with van der Waals surface area (Å²) in [6, 6.07) is 7.48. The molecule has 2 rings (SSSR count). The van der Waals surface area contributed by atoms with E-state index in [0.717, 1.165) is 25.2 Å². The average molecular weight is 250 g/mol. The summed E-state index contributed by atoms with van der Waals surface area (Å²) in [6.45, 7) is 7.36. The van der Waals surface area contributed by atoms with E-state index in [-0.39, 0.29) is 11.2 Å². The highest BCUT2D eigenvalue weighted by Crippen LogP contribution is 2.23. The van der Waals surface area contributed by atoms with Crippen molar-refractivity contribution >= 4 is 0 Å². The van der Waals surface area contributed by atoms with Crippen LogP contribution in [0.2, 0.25) is 0 Å². The lowest BCUT2D eigenvalue weighted by Crippen LogP contribution is -2.47. The fraction of sp³-hybridized carbons (Fsp3) is 0.600. The normalized spacial score (nSPS) is 20.9. The summed E-state index contributed by atoms with van der Waals surface area (Å²) in [7, 11) is 0. The van der Waals surface area contributed by atoms with Crippen molar-refractivity contribution in [1.82, 2.24) is 10.6 Å². The van der Waals surface area contributed by atoms with E-state index in [1.807, 2.05) is 6.07 Å². The number of nitrogens with one attached hydrogen (secondary N) is 2. The van der Waals surface area contributed by atoms with Crippen molar-refractivity contribution in [3.8, 4) is 0 Å². The molecule has 1 atom stereocenters. The molecule has 0 radical (unpaired) electrons. The van der Waals surface area contributed by atoms with Crippen molar-refractivity contribution in [2.45, 2.75) is 38.1 Å². The average Bonchev–Trinajstić information content (AvgIpc) is 2.38. The third kappa shape index (κ3) is 3.53. The molecule has 2 nitrogen and oxygen atoms in total. The number of hydrogen-bond acceptors (Lipinski definition) is 2. The van der Waals surface area contributed by atoms with Gasteiger partial charge in [-0.05, 0) is 37.1 Å². The Morgan fingerprint density at radius 2 is 2.28 bits per heavy atom. The third-order valence-electron chi connectivity index (χ3n) is 3.74. The van der Waals surface area contributed by atoms with Crippen molar-refractivity contribution in [2.24, 2.45) is 0 Å².